The van der Waals surface area contributed by atoms with Gasteiger partial charge in [0.1, 0.15) is 5.82 Å². The largest absolute Gasteiger partial charge is 0.356 e. The van der Waals surface area contributed by atoms with Crippen LogP contribution < -0.4 is 5.32 Å². The molecule has 0 saturated heterocycles. The molecule has 158 valence electrons. The van der Waals surface area contributed by atoms with Crippen LogP contribution >= 0.6 is 0 Å². The predicted molar refractivity (Wildman–Crippen MR) is 124 cm³/mol. The molecule has 0 bridgehead atoms. The fourth-order valence-electron chi connectivity index (χ4n) is 3.94. The number of benzene rings is 3. The summed E-state index contributed by atoms with van der Waals surface area (Å²) >= 11 is 0. The Labute approximate surface area is 182 Å². The van der Waals surface area contributed by atoms with Gasteiger partial charge < -0.3 is 9.88 Å². The van der Waals surface area contributed by atoms with Gasteiger partial charge >= 0.3 is 0 Å². The molecule has 1 N–H and O–H groups in total. The molecule has 0 fully saturated rings. The van der Waals surface area contributed by atoms with Gasteiger partial charge in [-0.25, -0.2) is 4.39 Å². The van der Waals surface area contributed by atoms with Gasteiger partial charge in [-0.2, -0.15) is 0 Å². The molecule has 0 aliphatic carbocycles. The van der Waals surface area contributed by atoms with Crippen LogP contribution in [0.15, 0.2) is 85.1 Å². The predicted octanol–water partition coefficient (Wildman–Crippen LogP) is 5.51. The summed E-state index contributed by atoms with van der Waals surface area (Å²) in [6.07, 6.45) is 5.19. The number of rotatable bonds is 9. The van der Waals surface area contributed by atoms with Crippen LogP contribution in [0.3, 0.4) is 0 Å². The maximum absolute atomic E-state index is 13.2. The van der Waals surface area contributed by atoms with Crippen LogP contribution in [0.4, 0.5) is 4.39 Å². The van der Waals surface area contributed by atoms with Crippen molar-refractivity contribution in [1.82, 2.24) is 9.88 Å². The number of fused-ring (bicyclic) bond motifs is 1. The van der Waals surface area contributed by atoms with Crippen LogP contribution in [0.2, 0.25) is 0 Å². The molecule has 1 aromatic heterocycles. The second kappa shape index (κ2) is 10.1. The molecule has 31 heavy (non-hydrogen) atoms. The third-order valence-corrected chi connectivity index (χ3v) is 5.57. The Morgan fingerprint density at radius 3 is 2.39 bits per heavy atom. The standard InChI is InChI=1S/C27H27FN2O/c28-24-15-12-22(13-16-24)19-30-20-23(25-10-4-5-11-26(25)30)14-17-27(31)29-18-6-9-21-7-2-1-3-8-21/h1-5,7-8,10-13,15-16,20H,6,9,14,17-19H2,(H,29,31). The van der Waals surface area contributed by atoms with E-state index in [1.165, 1.54) is 23.1 Å². The molecule has 0 radical (unpaired) electrons. The zero-order valence-electron chi connectivity index (χ0n) is 17.6. The van der Waals surface area contributed by atoms with Gasteiger partial charge in [0, 0.05) is 36.6 Å². The molecule has 4 rings (SSSR count). The fourth-order valence-corrected chi connectivity index (χ4v) is 3.94. The van der Waals surface area contributed by atoms with Crippen molar-refractivity contribution >= 4 is 16.8 Å². The molecule has 0 aliphatic rings. The van der Waals surface area contributed by atoms with Crippen molar-refractivity contribution in [3.05, 3.63) is 108 Å². The van der Waals surface area contributed by atoms with Crippen molar-refractivity contribution in [1.29, 1.82) is 0 Å². The minimum Gasteiger partial charge on any atom is -0.356 e. The van der Waals surface area contributed by atoms with E-state index in [0.717, 1.165) is 29.5 Å². The summed E-state index contributed by atoms with van der Waals surface area (Å²) in [4.78, 5) is 12.3. The average molecular weight is 415 g/mol. The van der Waals surface area contributed by atoms with Gasteiger partial charge in [0.05, 0.1) is 0 Å². The number of carbonyl (C=O) groups is 1. The molecule has 0 spiro atoms. The van der Waals surface area contributed by atoms with Gasteiger partial charge in [-0.15, -0.1) is 0 Å². The number of aromatic nitrogens is 1. The number of para-hydroxylation sites is 1. The van der Waals surface area contributed by atoms with Crippen molar-refractivity contribution in [2.24, 2.45) is 0 Å². The summed E-state index contributed by atoms with van der Waals surface area (Å²) in [7, 11) is 0. The van der Waals surface area contributed by atoms with Crippen molar-refractivity contribution < 1.29 is 9.18 Å². The number of amides is 1. The maximum Gasteiger partial charge on any atom is 0.220 e. The van der Waals surface area contributed by atoms with Crippen LogP contribution in [-0.2, 0) is 24.2 Å². The van der Waals surface area contributed by atoms with Crippen LogP contribution in [0.25, 0.3) is 10.9 Å². The highest BCUT2D eigenvalue weighted by molar-refractivity contribution is 5.85. The van der Waals surface area contributed by atoms with Gasteiger partial charge in [-0.05, 0) is 54.2 Å². The summed E-state index contributed by atoms with van der Waals surface area (Å²) < 4.78 is 15.4. The highest BCUT2D eigenvalue weighted by atomic mass is 19.1. The quantitative estimate of drug-likeness (QED) is 0.360. The maximum atomic E-state index is 13.2. The van der Waals surface area contributed by atoms with E-state index in [1.807, 2.05) is 42.5 Å². The molecule has 0 unspecified atom stereocenters. The van der Waals surface area contributed by atoms with E-state index in [9.17, 15) is 9.18 Å². The molecule has 0 saturated carbocycles. The molecular formula is C27H27FN2O. The van der Waals surface area contributed by atoms with Crippen molar-refractivity contribution in [2.45, 2.75) is 32.2 Å². The molecule has 0 atom stereocenters. The van der Waals surface area contributed by atoms with E-state index in [1.54, 1.807) is 0 Å². The minimum absolute atomic E-state index is 0.0865. The summed E-state index contributed by atoms with van der Waals surface area (Å²) in [6, 6.07) is 25.2. The minimum atomic E-state index is -0.225. The second-order valence-electron chi connectivity index (χ2n) is 7.86. The molecule has 0 aliphatic heterocycles. The molecule has 3 nitrogen and oxygen atoms in total. The van der Waals surface area contributed by atoms with Crippen molar-refractivity contribution in [3.8, 4) is 0 Å². The Bertz CT molecular complexity index is 1130. The smallest absolute Gasteiger partial charge is 0.220 e. The zero-order chi connectivity index (χ0) is 21.5. The van der Waals surface area contributed by atoms with Crippen LogP contribution in [0.5, 0.6) is 0 Å². The summed E-state index contributed by atoms with van der Waals surface area (Å²) in [6.45, 7) is 1.37. The normalized spacial score (nSPS) is 11.0. The van der Waals surface area contributed by atoms with Crippen molar-refractivity contribution in [3.63, 3.8) is 0 Å². The lowest BCUT2D eigenvalue weighted by atomic mass is 10.1. The lowest BCUT2D eigenvalue weighted by Crippen LogP contribution is -2.24. The highest BCUT2D eigenvalue weighted by Gasteiger charge is 2.10. The number of hydrogen-bond acceptors (Lipinski definition) is 1. The third-order valence-electron chi connectivity index (χ3n) is 5.57. The number of aryl methyl sites for hydroxylation is 2. The number of halogens is 1. The average Bonchev–Trinajstić information content (AvgIpc) is 3.15. The van der Waals surface area contributed by atoms with E-state index in [-0.39, 0.29) is 11.7 Å². The number of nitrogens with zero attached hydrogens (tertiary/aromatic N) is 1. The number of hydrogen-bond donors (Lipinski definition) is 1. The molecule has 4 heteroatoms. The first-order valence-electron chi connectivity index (χ1n) is 10.8. The fraction of sp³-hybridized carbons (Fsp3) is 0.222. The molecular weight excluding hydrogens is 387 g/mol. The number of carbonyl (C=O) groups excluding carboxylic acids is 1. The van der Waals surface area contributed by atoms with Gasteiger partial charge in [-0.1, -0.05) is 60.7 Å². The molecule has 1 amide bonds. The molecule has 1 heterocycles. The molecule has 4 aromatic rings. The third kappa shape index (κ3) is 5.60. The first-order chi connectivity index (χ1) is 15.2. The Morgan fingerprint density at radius 1 is 0.839 bits per heavy atom. The second-order valence-corrected chi connectivity index (χ2v) is 7.86. The van der Waals surface area contributed by atoms with Gasteiger partial charge in [0.15, 0.2) is 0 Å². The Morgan fingerprint density at radius 2 is 1.58 bits per heavy atom. The topological polar surface area (TPSA) is 34.0 Å². The van der Waals surface area contributed by atoms with Gasteiger partial charge in [0.25, 0.3) is 0 Å². The summed E-state index contributed by atoms with van der Waals surface area (Å²) in [5.74, 6) is -0.139. The van der Waals surface area contributed by atoms with Gasteiger partial charge in [-0.3, -0.25) is 4.79 Å². The first-order valence-corrected chi connectivity index (χ1v) is 10.8. The Hall–Kier alpha value is -3.40. The van der Waals surface area contributed by atoms with E-state index in [2.05, 4.69) is 40.3 Å². The Kier molecular flexibility index (Phi) is 6.78. The lowest BCUT2D eigenvalue weighted by Gasteiger charge is -2.06. The van der Waals surface area contributed by atoms with E-state index in [4.69, 9.17) is 0 Å². The molecule has 3 aromatic carbocycles. The van der Waals surface area contributed by atoms with E-state index < -0.39 is 0 Å². The monoisotopic (exact) mass is 414 g/mol. The highest BCUT2D eigenvalue weighted by Crippen LogP contribution is 2.23. The van der Waals surface area contributed by atoms with E-state index in [0.29, 0.717) is 25.9 Å². The first kappa shape index (κ1) is 20.9. The van der Waals surface area contributed by atoms with Crippen LogP contribution in [0, 0.1) is 5.82 Å². The zero-order valence-corrected chi connectivity index (χ0v) is 17.6. The van der Waals surface area contributed by atoms with Crippen molar-refractivity contribution in [2.75, 3.05) is 6.54 Å². The number of nitrogens with one attached hydrogen (secondary N) is 1. The van der Waals surface area contributed by atoms with Crippen LogP contribution in [-0.4, -0.2) is 17.0 Å². The van der Waals surface area contributed by atoms with Crippen LogP contribution in [0.1, 0.15) is 29.5 Å². The van der Waals surface area contributed by atoms with E-state index >= 15 is 0 Å². The summed E-state index contributed by atoms with van der Waals surface area (Å²) in [5, 5.41) is 4.21. The lowest BCUT2D eigenvalue weighted by molar-refractivity contribution is -0.121. The van der Waals surface area contributed by atoms with Gasteiger partial charge in [0.2, 0.25) is 5.91 Å². The Balaban J connectivity index is 1.33. The summed E-state index contributed by atoms with van der Waals surface area (Å²) in [5.41, 5.74) is 4.64. The SMILES string of the molecule is O=C(CCc1cn(Cc2ccc(F)cc2)c2ccccc12)NCCCc1ccccc1.